The van der Waals surface area contributed by atoms with E-state index in [1.807, 2.05) is 18.2 Å². The summed E-state index contributed by atoms with van der Waals surface area (Å²) in [6.45, 7) is -0.550. The Morgan fingerprint density at radius 1 is 1.08 bits per heavy atom. The number of carbonyl (C=O) groups excluding carboxylic acids is 2. The third-order valence-electron chi connectivity index (χ3n) is 3.49. The molecule has 3 rings (SSSR count). The Labute approximate surface area is 142 Å². The number of hydrogen-bond donors (Lipinski definition) is 1. The first-order valence-electron chi connectivity index (χ1n) is 7.18. The fraction of sp³-hybridized carbons (Fsp3) is 0.0556. The summed E-state index contributed by atoms with van der Waals surface area (Å²) in [5.74, 6) is -1.84. The molecule has 0 aliphatic rings. The molecule has 120 valence electrons. The van der Waals surface area contributed by atoms with E-state index in [9.17, 15) is 14.7 Å². The number of carbonyl (C=O) groups is 2. The highest BCUT2D eigenvalue weighted by Gasteiger charge is 2.13. The number of nitrogens with zero attached hydrogens (tertiary/aromatic N) is 1. The summed E-state index contributed by atoms with van der Waals surface area (Å²) in [5.41, 5.74) is 2.40. The molecule has 3 aromatic rings. The largest absolute Gasteiger partial charge is 0.548 e. The molecule has 0 atom stereocenters. The van der Waals surface area contributed by atoms with Crippen LogP contribution < -0.4 is 10.4 Å². The van der Waals surface area contributed by atoms with Crippen molar-refractivity contribution in [3.05, 3.63) is 65.2 Å². The molecule has 0 saturated carbocycles. The Bertz CT molecular complexity index is 923. The highest BCUT2D eigenvalue weighted by Crippen LogP contribution is 2.25. The number of benzene rings is 2. The zero-order valence-corrected chi connectivity index (χ0v) is 13.2. The molecule has 0 saturated heterocycles. The fourth-order valence-electron chi connectivity index (χ4n) is 2.38. The molecule has 0 radical (unpaired) electrons. The van der Waals surface area contributed by atoms with Crippen molar-refractivity contribution in [1.29, 1.82) is 0 Å². The van der Waals surface area contributed by atoms with Gasteiger partial charge in [-0.1, -0.05) is 41.9 Å². The van der Waals surface area contributed by atoms with E-state index < -0.39 is 18.4 Å². The van der Waals surface area contributed by atoms with E-state index in [0.717, 1.165) is 5.56 Å². The lowest BCUT2D eigenvalue weighted by Gasteiger charge is -2.11. The summed E-state index contributed by atoms with van der Waals surface area (Å²) in [4.78, 5) is 27.5. The van der Waals surface area contributed by atoms with Crippen LogP contribution >= 0.6 is 11.6 Å². The second-order valence-corrected chi connectivity index (χ2v) is 5.57. The number of aromatic nitrogens is 1. The van der Waals surface area contributed by atoms with Crippen LogP contribution in [0.4, 0.5) is 0 Å². The summed E-state index contributed by atoms with van der Waals surface area (Å²) in [5, 5.41) is 14.1. The van der Waals surface area contributed by atoms with Crippen LogP contribution in [0.5, 0.6) is 0 Å². The number of rotatable bonds is 4. The lowest BCUT2D eigenvalue weighted by Crippen LogP contribution is -2.37. The predicted octanol–water partition coefficient (Wildman–Crippen LogP) is 2.03. The Balaban J connectivity index is 2.10. The van der Waals surface area contributed by atoms with Crippen LogP contribution in [0.15, 0.2) is 54.6 Å². The van der Waals surface area contributed by atoms with E-state index in [2.05, 4.69) is 10.3 Å². The molecular weight excluding hydrogens is 328 g/mol. The first-order valence-corrected chi connectivity index (χ1v) is 7.56. The Kier molecular flexibility index (Phi) is 4.44. The van der Waals surface area contributed by atoms with Gasteiger partial charge in [-0.05, 0) is 24.3 Å². The third kappa shape index (κ3) is 3.36. The van der Waals surface area contributed by atoms with Gasteiger partial charge in [-0.2, -0.15) is 0 Å². The minimum Gasteiger partial charge on any atom is -0.548 e. The summed E-state index contributed by atoms with van der Waals surface area (Å²) >= 11 is 5.90. The Hall–Kier alpha value is -2.92. The summed E-state index contributed by atoms with van der Waals surface area (Å²) in [6.07, 6.45) is 0. The molecule has 24 heavy (non-hydrogen) atoms. The minimum atomic E-state index is -1.35. The maximum atomic E-state index is 12.3. The van der Waals surface area contributed by atoms with Crippen molar-refractivity contribution in [1.82, 2.24) is 10.3 Å². The van der Waals surface area contributed by atoms with Gasteiger partial charge in [0.15, 0.2) is 0 Å². The zero-order valence-electron chi connectivity index (χ0n) is 12.5. The van der Waals surface area contributed by atoms with Gasteiger partial charge in [-0.3, -0.25) is 4.79 Å². The first-order chi connectivity index (χ1) is 11.5. The minimum absolute atomic E-state index is 0.354. The summed E-state index contributed by atoms with van der Waals surface area (Å²) in [6, 6.07) is 15.9. The van der Waals surface area contributed by atoms with Crippen molar-refractivity contribution in [3.8, 4) is 11.3 Å². The molecule has 2 aromatic carbocycles. The molecule has 1 N–H and O–H groups in total. The molecular formula is C18H12ClN2O3-. The van der Waals surface area contributed by atoms with Crippen LogP contribution in [0, 0.1) is 0 Å². The van der Waals surface area contributed by atoms with Crippen molar-refractivity contribution < 1.29 is 14.7 Å². The second kappa shape index (κ2) is 6.68. The van der Waals surface area contributed by atoms with E-state index in [1.54, 1.807) is 36.4 Å². The van der Waals surface area contributed by atoms with Crippen LogP contribution in [0.2, 0.25) is 5.02 Å². The van der Waals surface area contributed by atoms with Gasteiger partial charge in [0, 0.05) is 16.0 Å². The number of aliphatic carboxylic acids is 1. The first kappa shape index (κ1) is 16.0. The summed E-state index contributed by atoms with van der Waals surface area (Å²) < 4.78 is 0. The predicted molar refractivity (Wildman–Crippen MR) is 89.5 cm³/mol. The zero-order chi connectivity index (χ0) is 17.1. The lowest BCUT2D eigenvalue weighted by molar-refractivity contribution is -0.303. The molecule has 5 nitrogen and oxygen atoms in total. The van der Waals surface area contributed by atoms with Gasteiger partial charge in [-0.25, -0.2) is 4.98 Å². The molecule has 0 aliphatic heterocycles. The third-order valence-corrected chi connectivity index (χ3v) is 3.75. The highest BCUT2D eigenvalue weighted by molar-refractivity contribution is 6.30. The maximum Gasteiger partial charge on any atom is 0.252 e. The standard InChI is InChI=1S/C18H13ClN2O3/c19-12-7-5-11(6-8-12)16-9-14(18(24)20-10-17(22)23)13-3-1-2-4-15(13)21-16/h1-9H,10H2,(H,20,24)(H,22,23)/p-1. The number of carboxylic acid groups (broad SMARTS) is 1. The lowest BCUT2D eigenvalue weighted by atomic mass is 10.0. The normalized spacial score (nSPS) is 10.5. The number of carboxylic acids is 1. The number of pyridine rings is 1. The van der Waals surface area contributed by atoms with Crippen molar-refractivity contribution in [3.63, 3.8) is 0 Å². The molecule has 0 spiro atoms. The van der Waals surface area contributed by atoms with Gasteiger partial charge in [0.25, 0.3) is 5.91 Å². The monoisotopic (exact) mass is 339 g/mol. The van der Waals surface area contributed by atoms with Gasteiger partial charge in [-0.15, -0.1) is 0 Å². The Morgan fingerprint density at radius 3 is 2.50 bits per heavy atom. The van der Waals surface area contributed by atoms with Gasteiger partial charge < -0.3 is 15.2 Å². The van der Waals surface area contributed by atoms with E-state index in [4.69, 9.17) is 11.6 Å². The second-order valence-electron chi connectivity index (χ2n) is 5.13. The van der Waals surface area contributed by atoms with Crippen LogP contribution in [-0.2, 0) is 4.79 Å². The number of amides is 1. The molecule has 0 unspecified atom stereocenters. The number of halogens is 1. The molecule has 1 amide bonds. The van der Waals surface area contributed by atoms with Crippen LogP contribution in [-0.4, -0.2) is 23.4 Å². The Morgan fingerprint density at radius 2 is 1.79 bits per heavy atom. The number of hydrogen-bond acceptors (Lipinski definition) is 4. The molecule has 6 heteroatoms. The van der Waals surface area contributed by atoms with Crippen LogP contribution in [0.1, 0.15) is 10.4 Å². The van der Waals surface area contributed by atoms with E-state index in [-0.39, 0.29) is 0 Å². The van der Waals surface area contributed by atoms with Crippen molar-refractivity contribution >= 4 is 34.4 Å². The molecule has 1 heterocycles. The quantitative estimate of drug-likeness (QED) is 0.788. The van der Waals surface area contributed by atoms with Crippen LogP contribution in [0.25, 0.3) is 22.2 Å². The fourth-order valence-corrected chi connectivity index (χ4v) is 2.51. The smallest absolute Gasteiger partial charge is 0.252 e. The van der Waals surface area contributed by atoms with Gasteiger partial charge in [0.05, 0.1) is 29.3 Å². The van der Waals surface area contributed by atoms with Crippen molar-refractivity contribution in [2.45, 2.75) is 0 Å². The maximum absolute atomic E-state index is 12.3. The molecule has 1 aromatic heterocycles. The van der Waals surface area contributed by atoms with Gasteiger partial charge >= 0.3 is 0 Å². The number of fused-ring (bicyclic) bond motifs is 1. The van der Waals surface area contributed by atoms with E-state index in [0.29, 0.717) is 27.2 Å². The highest BCUT2D eigenvalue weighted by atomic mass is 35.5. The number of nitrogens with one attached hydrogen (secondary N) is 1. The topological polar surface area (TPSA) is 82.1 Å². The molecule has 0 aliphatic carbocycles. The van der Waals surface area contributed by atoms with Crippen LogP contribution in [0.3, 0.4) is 0 Å². The average molecular weight is 340 g/mol. The SMILES string of the molecule is O=C([O-])CNC(=O)c1cc(-c2ccc(Cl)cc2)nc2ccccc12. The average Bonchev–Trinajstić information content (AvgIpc) is 2.59. The van der Waals surface area contributed by atoms with Crippen molar-refractivity contribution in [2.75, 3.05) is 6.54 Å². The van der Waals surface area contributed by atoms with E-state index >= 15 is 0 Å². The molecule has 0 fully saturated rings. The van der Waals surface area contributed by atoms with E-state index in [1.165, 1.54) is 0 Å². The number of para-hydroxylation sites is 1. The summed E-state index contributed by atoms with van der Waals surface area (Å²) in [7, 11) is 0. The molecule has 0 bridgehead atoms. The van der Waals surface area contributed by atoms with Crippen molar-refractivity contribution in [2.24, 2.45) is 0 Å². The van der Waals surface area contributed by atoms with Gasteiger partial charge in [0.1, 0.15) is 0 Å². The van der Waals surface area contributed by atoms with Gasteiger partial charge in [0.2, 0.25) is 0 Å².